The van der Waals surface area contributed by atoms with Crippen LogP contribution in [0.5, 0.6) is 0 Å². The van der Waals surface area contributed by atoms with Gasteiger partial charge in [0.05, 0.1) is 11.2 Å². The third-order valence-electron chi connectivity index (χ3n) is 5.00. The highest BCUT2D eigenvalue weighted by Gasteiger charge is 2.51. The fourth-order valence-electron chi connectivity index (χ4n) is 2.92. The molecular formula is C18H18BClO2S. The van der Waals surface area contributed by atoms with E-state index >= 15 is 0 Å². The molecule has 4 rings (SSSR count). The van der Waals surface area contributed by atoms with E-state index in [0.29, 0.717) is 0 Å². The molecule has 0 spiro atoms. The minimum absolute atomic E-state index is 0.323. The van der Waals surface area contributed by atoms with Gasteiger partial charge in [0, 0.05) is 25.2 Å². The smallest absolute Gasteiger partial charge is 0.399 e. The summed E-state index contributed by atoms with van der Waals surface area (Å²) in [7, 11) is -0.329. The fraction of sp³-hybridized carbons (Fsp3) is 0.333. The van der Waals surface area contributed by atoms with Crippen molar-refractivity contribution >= 4 is 55.7 Å². The molecule has 0 amide bonds. The Labute approximate surface area is 145 Å². The van der Waals surface area contributed by atoms with Crippen molar-refractivity contribution in [2.75, 3.05) is 0 Å². The van der Waals surface area contributed by atoms with Gasteiger partial charge in [-0.25, -0.2) is 0 Å². The van der Waals surface area contributed by atoms with Crippen molar-refractivity contribution in [1.29, 1.82) is 0 Å². The largest absolute Gasteiger partial charge is 0.494 e. The van der Waals surface area contributed by atoms with Crippen molar-refractivity contribution in [1.82, 2.24) is 0 Å². The second-order valence-electron chi connectivity index (χ2n) is 7.06. The average molecular weight is 345 g/mol. The highest BCUT2D eigenvalue weighted by Crippen LogP contribution is 2.39. The molecular weight excluding hydrogens is 327 g/mol. The summed E-state index contributed by atoms with van der Waals surface area (Å²) in [5.41, 5.74) is 0.408. The van der Waals surface area contributed by atoms with Crippen molar-refractivity contribution in [3.05, 3.63) is 41.4 Å². The standard InChI is InChI=1S/C18H18BClO2S/c1-17(2)18(3,4)22-19(21-17)11-8-9-12-15(10-11)23-14-7-5-6-13(20)16(12)14/h5-10H,1-4H3. The molecule has 2 heterocycles. The van der Waals surface area contributed by atoms with Crippen LogP contribution in [-0.2, 0) is 9.31 Å². The normalized spacial score (nSPS) is 19.8. The van der Waals surface area contributed by atoms with E-state index in [2.05, 4.69) is 52.0 Å². The highest BCUT2D eigenvalue weighted by atomic mass is 35.5. The second kappa shape index (κ2) is 4.96. The molecule has 0 aliphatic carbocycles. The topological polar surface area (TPSA) is 18.5 Å². The number of hydrogen-bond acceptors (Lipinski definition) is 3. The molecule has 0 atom stereocenters. The van der Waals surface area contributed by atoms with Gasteiger partial charge in [0.15, 0.2) is 0 Å². The fourth-order valence-corrected chi connectivity index (χ4v) is 4.44. The molecule has 2 nitrogen and oxygen atoms in total. The number of halogens is 1. The molecule has 3 aromatic rings. The summed E-state index contributed by atoms with van der Waals surface area (Å²) in [6.45, 7) is 8.30. The van der Waals surface area contributed by atoms with Crippen LogP contribution in [0.1, 0.15) is 27.7 Å². The van der Waals surface area contributed by atoms with Crippen LogP contribution in [0, 0.1) is 0 Å². The molecule has 118 valence electrons. The van der Waals surface area contributed by atoms with Crippen molar-refractivity contribution in [3.63, 3.8) is 0 Å². The lowest BCUT2D eigenvalue weighted by Crippen LogP contribution is -2.41. The lowest BCUT2D eigenvalue weighted by atomic mass is 9.79. The number of fused-ring (bicyclic) bond motifs is 3. The quantitative estimate of drug-likeness (QED) is 0.578. The number of rotatable bonds is 1. The van der Waals surface area contributed by atoms with E-state index in [-0.39, 0.29) is 18.3 Å². The van der Waals surface area contributed by atoms with Crippen LogP contribution in [0.2, 0.25) is 5.02 Å². The zero-order valence-corrected chi connectivity index (χ0v) is 15.2. The molecule has 0 radical (unpaired) electrons. The molecule has 1 aliphatic heterocycles. The predicted molar refractivity (Wildman–Crippen MR) is 100 cm³/mol. The van der Waals surface area contributed by atoms with Crippen LogP contribution in [0.25, 0.3) is 20.2 Å². The summed E-state index contributed by atoms with van der Waals surface area (Å²) in [6, 6.07) is 12.4. The molecule has 23 heavy (non-hydrogen) atoms. The van der Waals surface area contributed by atoms with Crippen LogP contribution >= 0.6 is 22.9 Å². The summed E-state index contributed by atoms with van der Waals surface area (Å²) >= 11 is 8.13. The zero-order valence-electron chi connectivity index (χ0n) is 13.6. The Hall–Kier alpha value is -1.07. The molecule has 0 saturated carbocycles. The Morgan fingerprint density at radius 1 is 0.957 bits per heavy atom. The van der Waals surface area contributed by atoms with Crippen LogP contribution < -0.4 is 5.46 Å². The van der Waals surface area contributed by atoms with Gasteiger partial charge in [0.1, 0.15) is 0 Å². The van der Waals surface area contributed by atoms with E-state index < -0.39 is 0 Å². The number of thiophene rings is 1. The first-order chi connectivity index (χ1) is 10.8. The predicted octanol–water partition coefficient (Wildman–Crippen LogP) is 5.01. The van der Waals surface area contributed by atoms with Crippen molar-refractivity contribution < 1.29 is 9.31 Å². The van der Waals surface area contributed by atoms with Crippen LogP contribution in [-0.4, -0.2) is 18.3 Å². The molecule has 0 unspecified atom stereocenters. The van der Waals surface area contributed by atoms with Gasteiger partial charge in [-0.1, -0.05) is 29.8 Å². The van der Waals surface area contributed by atoms with E-state index in [0.717, 1.165) is 15.9 Å². The van der Waals surface area contributed by atoms with Gasteiger partial charge in [-0.05, 0) is 51.4 Å². The van der Waals surface area contributed by atoms with Gasteiger partial charge in [-0.2, -0.15) is 0 Å². The second-order valence-corrected chi connectivity index (χ2v) is 8.55. The van der Waals surface area contributed by atoms with E-state index in [4.69, 9.17) is 20.9 Å². The molecule has 1 aliphatic rings. The Kier molecular flexibility index (Phi) is 3.34. The van der Waals surface area contributed by atoms with Crippen molar-refractivity contribution in [2.45, 2.75) is 38.9 Å². The minimum atomic E-state index is -0.329. The van der Waals surface area contributed by atoms with Crippen LogP contribution in [0.3, 0.4) is 0 Å². The summed E-state index contributed by atoms with van der Waals surface area (Å²) in [5, 5.41) is 3.13. The molecule has 5 heteroatoms. The van der Waals surface area contributed by atoms with Gasteiger partial charge >= 0.3 is 7.12 Å². The van der Waals surface area contributed by atoms with E-state index in [1.165, 1.54) is 14.8 Å². The van der Waals surface area contributed by atoms with E-state index in [1.807, 2.05) is 12.1 Å². The maximum absolute atomic E-state index is 6.38. The van der Waals surface area contributed by atoms with Gasteiger partial charge in [0.2, 0.25) is 0 Å². The minimum Gasteiger partial charge on any atom is -0.399 e. The van der Waals surface area contributed by atoms with Gasteiger partial charge in [-0.15, -0.1) is 11.3 Å². The average Bonchev–Trinajstić information content (AvgIpc) is 2.93. The summed E-state index contributed by atoms with van der Waals surface area (Å²) in [4.78, 5) is 0. The Balaban J connectivity index is 1.82. The molecule has 1 saturated heterocycles. The van der Waals surface area contributed by atoms with Gasteiger partial charge in [0.25, 0.3) is 0 Å². The van der Waals surface area contributed by atoms with E-state index in [1.54, 1.807) is 11.3 Å². The number of hydrogen-bond donors (Lipinski definition) is 0. The lowest BCUT2D eigenvalue weighted by molar-refractivity contribution is 0.00578. The lowest BCUT2D eigenvalue weighted by Gasteiger charge is -2.32. The summed E-state index contributed by atoms with van der Waals surface area (Å²) < 4.78 is 14.7. The molecule has 1 aromatic heterocycles. The van der Waals surface area contributed by atoms with Crippen molar-refractivity contribution in [2.24, 2.45) is 0 Å². The third kappa shape index (κ3) is 2.32. The first-order valence-corrected chi connectivity index (χ1v) is 8.94. The molecule has 0 N–H and O–H groups in total. The van der Waals surface area contributed by atoms with Crippen molar-refractivity contribution in [3.8, 4) is 0 Å². The van der Waals surface area contributed by atoms with Crippen LogP contribution in [0.4, 0.5) is 0 Å². The first kappa shape index (κ1) is 15.5. The highest BCUT2D eigenvalue weighted by molar-refractivity contribution is 7.26. The molecule has 0 bridgehead atoms. The third-order valence-corrected chi connectivity index (χ3v) is 6.43. The van der Waals surface area contributed by atoms with Crippen LogP contribution in [0.15, 0.2) is 36.4 Å². The van der Waals surface area contributed by atoms with E-state index in [9.17, 15) is 0 Å². The number of benzene rings is 2. The Bertz CT molecular complexity index is 900. The summed E-state index contributed by atoms with van der Waals surface area (Å²) in [5.74, 6) is 0. The maximum Gasteiger partial charge on any atom is 0.494 e. The molecule has 1 fully saturated rings. The molecule has 2 aromatic carbocycles. The zero-order chi connectivity index (χ0) is 16.4. The Morgan fingerprint density at radius 2 is 1.65 bits per heavy atom. The summed E-state index contributed by atoms with van der Waals surface area (Å²) in [6.07, 6.45) is 0. The Morgan fingerprint density at radius 3 is 2.35 bits per heavy atom. The van der Waals surface area contributed by atoms with Gasteiger partial charge in [-0.3, -0.25) is 0 Å². The monoisotopic (exact) mass is 344 g/mol. The van der Waals surface area contributed by atoms with Gasteiger partial charge < -0.3 is 9.31 Å². The maximum atomic E-state index is 6.38. The SMILES string of the molecule is CC1(C)OB(c2ccc3c(c2)sc2cccc(Cl)c23)OC1(C)C. The first-order valence-electron chi connectivity index (χ1n) is 7.75.